The number of carbonyl (C=O) groups is 2. The van der Waals surface area contributed by atoms with Crippen LogP contribution in [0.2, 0.25) is 0 Å². The van der Waals surface area contributed by atoms with Crippen molar-refractivity contribution in [3.63, 3.8) is 0 Å². The number of carbonyl (C=O) groups excluding carboxylic acids is 2. The molecule has 164 valence electrons. The molecule has 6 nitrogen and oxygen atoms in total. The molecule has 2 aliphatic rings. The van der Waals surface area contributed by atoms with Crippen molar-refractivity contribution < 1.29 is 14.3 Å². The molecule has 2 fully saturated rings. The van der Waals surface area contributed by atoms with Crippen LogP contribution in [-0.4, -0.2) is 60.9 Å². The smallest absolute Gasteiger partial charge is 0.228 e. The van der Waals surface area contributed by atoms with Crippen LogP contribution in [-0.2, 0) is 9.59 Å². The molecule has 0 radical (unpaired) electrons. The Morgan fingerprint density at radius 2 is 1.71 bits per heavy atom. The Bertz CT molecular complexity index is 909. The molecular formula is C25H31N3O3. The second kappa shape index (κ2) is 9.41. The molecule has 4 rings (SSSR count). The van der Waals surface area contributed by atoms with Gasteiger partial charge in [0.15, 0.2) is 0 Å². The number of hydrogen-bond acceptors (Lipinski definition) is 4. The van der Waals surface area contributed by atoms with Gasteiger partial charge in [0.2, 0.25) is 11.8 Å². The van der Waals surface area contributed by atoms with E-state index in [-0.39, 0.29) is 23.8 Å². The fourth-order valence-corrected chi connectivity index (χ4v) is 4.60. The zero-order chi connectivity index (χ0) is 21.8. The van der Waals surface area contributed by atoms with Crippen molar-refractivity contribution in [2.45, 2.75) is 26.3 Å². The second-order valence-electron chi connectivity index (χ2n) is 8.25. The summed E-state index contributed by atoms with van der Waals surface area (Å²) >= 11 is 0. The van der Waals surface area contributed by atoms with Crippen molar-refractivity contribution in [3.05, 3.63) is 60.2 Å². The summed E-state index contributed by atoms with van der Waals surface area (Å²) in [6.07, 6.45) is 0.309. The van der Waals surface area contributed by atoms with E-state index >= 15 is 0 Å². The molecular weight excluding hydrogens is 390 g/mol. The maximum atomic E-state index is 13.2. The average Bonchev–Trinajstić information content (AvgIpc) is 3.21. The number of nitrogens with zero attached hydrogens (tertiary/aromatic N) is 3. The van der Waals surface area contributed by atoms with E-state index in [9.17, 15) is 9.59 Å². The van der Waals surface area contributed by atoms with E-state index in [2.05, 4.69) is 11.0 Å². The highest BCUT2D eigenvalue weighted by atomic mass is 16.5. The van der Waals surface area contributed by atoms with Gasteiger partial charge in [-0.3, -0.25) is 9.59 Å². The molecule has 0 bridgehead atoms. The average molecular weight is 422 g/mol. The van der Waals surface area contributed by atoms with Crippen molar-refractivity contribution in [1.82, 2.24) is 9.80 Å². The van der Waals surface area contributed by atoms with Crippen molar-refractivity contribution in [2.24, 2.45) is 5.92 Å². The van der Waals surface area contributed by atoms with Crippen LogP contribution in [0.1, 0.15) is 31.9 Å². The highest BCUT2D eigenvalue weighted by Crippen LogP contribution is 2.31. The third-order valence-electron chi connectivity index (χ3n) is 6.35. The molecule has 2 aromatic rings. The van der Waals surface area contributed by atoms with Crippen LogP contribution in [0, 0.1) is 5.92 Å². The van der Waals surface area contributed by atoms with Gasteiger partial charge in [-0.1, -0.05) is 42.5 Å². The van der Waals surface area contributed by atoms with Crippen LogP contribution in [0.15, 0.2) is 54.6 Å². The standard InChI is InChI=1S/C25H31N3O3/c1-3-31-23-12-8-7-11-22(23)26-13-15-27(16-14-26)25(30)21-17-24(29)28(18-21)19(2)20-9-5-4-6-10-20/h4-12,19,21H,3,13-18H2,1-2H3/t19-,21-/m1/s1. The molecule has 0 saturated carbocycles. The van der Waals surface area contributed by atoms with Gasteiger partial charge in [0.1, 0.15) is 5.75 Å². The van der Waals surface area contributed by atoms with Crippen LogP contribution in [0.5, 0.6) is 5.75 Å². The monoisotopic (exact) mass is 421 g/mol. The third-order valence-corrected chi connectivity index (χ3v) is 6.35. The molecule has 0 aromatic heterocycles. The van der Waals surface area contributed by atoms with Gasteiger partial charge < -0.3 is 19.4 Å². The Kier molecular flexibility index (Phi) is 6.44. The summed E-state index contributed by atoms with van der Waals surface area (Å²) in [5.41, 5.74) is 2.18. The number of likely N-dealkylation sites (tertiary alicyclic amines) is 1. The molecule has 2 aromatic carbocycles. The molecule has 0 spiro atoms. The number of amides is 2. The molecule has 6 heteroatoms. The predicted molar refractivity (Wildman–Crippen MR) is 121 cm³/mol. The largest absolute Gasteiger partial charge is 0.492 e. The first kappa shape index (κ1) is 21.2. The number of piperazine rings is 1. The quantitative estimate of drug-likeness (QED) is 0.718. The van der Waals surface area contributed by atoms with Gasteiger partial charge in [-0.15, -0.1) is 0 Å². The van der Waals surface area contributed by atoms with Crippen LogP contribution in [0.25, 0.3) is 0 Å². The van der Waals surface area contributed by atoms with Gasteiger partial charge in [-0.25, -0.2) is 0 Å². The van der Waals surface area contributed by atoms with Crippen LogP contribution < -0.4 is 9.64 Å². The highest BCUT2D eigenvalue weighted by Gasteiger charge is 2.39. The van der Waals surface area contributed by atoms with E-state index in [1.54, 1.807) is 0 Å². The van der Waals surface area contributed by atoms with Gasteiger partial charge in [-0.05, 0) is 31.5 Å². The minimum atomic E-state index is -0.249. The molecule has 31 heavy (non-hydrogen) atoms. The van der Waals surface area contributed by atoms with Crippen LogP contribution >= 0.6 is 0 Å². The van der Waals surface area contributed by atoms with Gasteiger partial charge >= 0.3 is 0 Å². The van der Waals surface area contributed by atoms with Crippen molar-refractivity contribution >= 4 is 17.5 Å². The van der Waals surface area contributed by atoms with Crippen LogP contribution in [0.3, 0.4) is 0 Å². The highest BCUT2D eigenvalue weighted by molar-refractivity contribution is 5.89. The molecule has 2 saturated heterocycles. The Balaban J connectivity index is 1.36. The SMILES string of the molecule is CCOc1ccccc1N1CCN(C(=O)[C@@H]2CC(=O)N([C@H](C)c3ccccc3)C2)CC1. The molecule has 0 N–H and O–H groups in total. The van der Waals surface area contributed by atoms with Crippen molar-refractivity contribution in [3.8, 4) is 5.75 Å². The normalized spacial score (nSPS) is 20.1. The lowest BCUT2D eigenvalue weighted by Gasteiger charge is -2.37. The predicted octanol–water partition coefficient (Wildman–Crippen LogP) is 3.34. The molecule has 2 aliphatic heterocycles. The van der Waals surface area contributed by atoms with Gasteiger partial charge in [0, 0.05) is 39.1 Å². The molecule has 0 unspecified atom stereocenters. The Labute approximate surface area is 184 Å². The lowest BCUT2D eigenvalue weighted by molar-refractivity contribution is -0.136. The minimum absolute atomic E-state index is 0.0154. The Hall–Kier alpha value is -3.02. The summed E-state index contributed by atoms with van der Waals surface area (Å²) in [6, 6.07) is 18.0. The minimum Gasteiger partial charge on any atom is -0.492 e. The van der Waals surface area contributed by atoms with E-state index in [0.29, 0.717) is 32.7 Å². The first-order valence-electron chi connectivity index (χ1n) is 11.2. The second-order valence-corrected chi connectivity index (χ2v) is 8.25. The Morgan fingerprint density at radius 1 is 1.03 bits per heavy atom. The summed E-state index contributed by atoms with van der Waals surface area (Å²) in [4.78, 5) is 31.9. The maximum absolute atomic E-state index is 13.2. The summed E-state index contributed by atoms with van der Waals surface area (Å²) < 4.78 is 5.76. The third kappa shape index (κ3) is 4.53. The molecule has 2 amide bonds. The van der Waals surface area contributed by atoms with Gasteiger partial charge in [0.05, 0.1) is 24.3 Å². The lowest BCUT2D eigenvalue weighted by Crippen LogP contribution is -2.50. The van der Waals surface area contributed by atoms with E-state index in [4.69, 9.17) is 4.74 Å². The van der Waals surface area contributed by atoms with Crippen molar-refractivity contribution in [1.29, 1.82) is 0 Å². The van der Waals surface area contributed by atoms with Gasteiger partial charge in [-0.2, -0.15) is 0 Å². The summed E-state index contributed by atoms with van der Waals surface area (Å²) in [7, 11) is 0. The zero-order valence-electron chi connectivity index (χ0n) is 18.4. The van der Waals surface area contributed by atoms with E-state index in [1.165, 1.54) is 0 Å². The molecule has 2 atom stereocenters. The van der Waals surface area contributed by atoms with E-state index in [0.717, 1.165) is 30.1 Å². The molecule has 2 heterocycles. The van der Waals surface area contributed by atoms with Gasteiger partial charge in [0.25, 0.3) is 0 Å². The number of hydrogen-bond donors (Lipinski definition) is 0. The lowest BCUT2D eigenvalue weighted by atomic mass is 10.1. The molecule has 0 aliphatic carbocycles. The Morgan fingerprint density at radius 3 is 2.42 bits per heavy atom. The fraction of sp³-hybridized carbons (Fsp3) is 0.440. The summed E-state index contributed by atoms with van der Waals surface area (Å²) in [5.74, 6) is 0.811. The van der Waals surface area contributed by atoms with Crippen LogP contribution in [0.4, 0.5) is 5.69 Å². The number of ether oxygens (including phenoxy) is 1. The number of anilines is 1. The summed E-state index contributed by atoms with van der Waals surface area (Å²) in [6.45, 7) is 8.01. The maximum Gasteiger partial charge on any atom is 0.228 e. The topological polar surface area (TPSA) is 53.1 Å². The van der Waals surface area contributed by atoms with E-state index < -0.39 is 0 Å². The zero-order valence-corrected chi connectivity index (χ0v) is 18.4. The summed E-state index contributed by atoms with van der Waals surface area (Å²) in [5, 5.41) is 0. The first-order chi connectivity index (χ1) is 15.1. The first-order valence-corrected chi connectivity index (χ1v) is 11.2. The van der Waals surface area contributed by atoms with E-state index in [1.807, 2.05) is 72.2 Å². The number of para-hydroxylation sites is 2. The number of rotatable bonds is 6. The van der Waals surface area contributed by atoms with Crippen molar-refractivity contribution in [2.75, 3.05) is 44.2 Å². The number of benzene rings is 2. The fourth-order valence-electron chi connectivity index (χ4n) is 4.60.